The number of ether oxygens (including phenoxy) is 2. The van der Waals surface area contributed by atoms with Crippen LogP contribution in [0.1, 0.15) is 0 Å². The molecule has 0 bridgehead atoms. The molecule has 1 aromatic rings. The Labute approximate surface area is 118 Å². The number of halogens is 4. The molecule has 0 aliphatic rings. The second-order valence-electron chi connectivity index (χ2n) is 3.93. The summed E-state index contributed by atoms with van der Waals surface area (Å²) < 4.78 is 59.2. The largest absolute Gasteiger partial charge is 0.493 e. The van der Waals surface area contributed by atoms with Crippen LogP contribution < -0.4 is 20.1 Å². The quantitative estimate of drug-likeness (QED) is 0.788. The van der Waals surface area contributed by atoms with Gasteiger partial charge >= 0.3 is 6.18 Å². The molecule has 0 radical (unpaired) electrons. The summed E-state index contributed by atoms with van der Waals surface area (Å²) in [7, 11) is 2.67. The van der Waals surface area contributed by atoms with Crippen molar-refractivity contribution >= 4 is 11.6 Å². The number of hydrogen-bond acceptors (Lipinski definition) is 4. The first-order valence-corrected chi connectivity index (χ1v) is 5.75. The summed E-state index contributed by atoms with van der Waals surface area (Å²) in [6.45, 7) is -1.95. The van der Waals surface area contributed by atoms with Crippen LogP contribution in [0.15, 0.2) is 12.1 Å². The maximum Gasteiger partial charge on any atom is 0.405 e. The topological polar surface area (TPSA) is 59.6 Å². The molecular weight excluding hydrogens is 296 g/mol. The average molecular weight is 310 g/mol. The molecule has 9 heteroatoms. The van der Waals surface area contributed by atoms with Crippen molar-refractivity contribution in [1.29, 1.82) is 0 Å². The molecule has 21 heavy (non-hydrogen) atoms. The lowest BCUT2D eigenvalue weighted by Gasteiger charge is -2.13. The summed E-state index contributed by atoms with van der Waals surface area (Å²) in [6.07, 6.45) is -4.50. The highest BCUT2D eigenvalue weighted by molar-refractivity contribution is 5.80. The number of benzene rings is 1. The van der Waals surface area contributed by atoms with E-state index in [1.807, 2.05) is 0 Å². The Morgan fingerprint density at radius 1 is 1.19 bits per heavy atom. The maximum absolute atomic E-state index is 13.7. The van der Waals surface area contributed by atoms with Crippen LogP contribution >= 0.6 is 0 Å². The minimum absolute atomic E-state index is 0.0881. The Bertz CT molecular complexity index is 506. The Balaban J connectivity index is 2.65. The molecule has 0 aromatic heterocycles. The smallest absolute Gasteiger partial charge is 0.405 e. The van der Waals surface area contributed by atoms with Gasteiger partial charge in [0.15, 0.2) is 11.5 Å². The van der Waals surface area contributed by atoms with Gasteiger partial charge in [-0.05, 0) is 0 Å². The molecule has 0 fully saturated rings. The van der Waals surface area contributed by atoms with Crippen LogP contribution in [0, 0.1) is 5.82 Å². The van der Waals surface area contributed by atoms with Gasteiger partial charge in [0.25, 0.3) is 0 Å². The number of nitrogens with one attached hydrogen (secondary N) is 2. The van der Waals surface area contributed by atoms with E-state index in [0.717, 1.165) is 6.07 Å². The van der Waals surface area contributed by atoms with E-state index in [1.165, 1.54) is 20.3 Å². The molecule has 1 rings (SSSR count). The minimum atomic E-state index is -4.50. The van der Waals surface area contributed by atoms with Gasteiger partial charge in [0.2, 0.25) is 5.91 Å². The molecule has 118 valence electrons. The van der Waals surface area contributed by atoms with Crippen molar-refractivity contribution in [2.75, 3.05) is 32.6 Å². The molecular formula is C12H14F4N2O3. The minimum Gasteiger partial charge on any atom is -0.493 e. The molecule has 1 aromatic carbocycles. The lowest BCUT2D eigenvalue weighted by atomic mass is 10.2. The highest BCUT2D eigenvalue weighted by Gasteiger charge is 2.27. The van der Waals surface area contributed by atoms with Crippen LogP contribution in [-0.4, -0.2) is 39.4 Å². The van der Waals surface area contributed by atoms with Crippen LogP contribution in [0.4, 0.5) is 23.2 Å². The number of hydrogen-bond donors (Lipinski definition) is 2. The summed E-state index contributed by atoms with van der Waals surface area (Å²) >= 11 is 0. The van der Waals surface area contributed by atoms with Crippen molar-refractivity contribution in [3.8, 4) is 11.5 Å². The molecule has 1 amide bonds. The van der Waals surface area contributed by atoms with Crippen LogP contribution in [0.5, 0.6) is 11.5 Å². The molecule has 0 heterocycles. The van der Waals surface area contributed by atoms with Gasteiger partial charge in [-0.3, -0.25) is 4.79 Å². The highest BCUT2D eigenvalue weighted by Crippen LogP contribution is 2.32. The van der Waals surface area contributed by atoms with Crippen LogP contribution in [0.2, 0.25) is 0 Å². The van der Waals surface area contributed by atoms with Crippen molar-refractivity contribution in [3.63, 3.8) is 0 Å². The first kappa shape index (κ1) is 16.9. The fourth-order valence-corrected chi connectivity index (χ4v) is 1.43. The van der Waals surface area contributed by atoms with Gasteiger partial charge in [-0.1, -0.05) is 0 Å². The van der Waals surface area contributed by atoms with E-state index in [0.29, 0.717) is 0 Å². The zero-order chi connectivity index (χ0) is 16.0. The monoisotopic (exact) mass is 310 g/mol. The van der Waals surface area contributed by atoms with Gasteiger partial charge in [-0.25, -0.2) is 4.39 Å². The molecule has 2 N–H and O–H groups in total. The Morgan fingerprint density at radius 3 is 2.29 bits per heavy atom. The fourth-order valence-electron chi connectivity index (χ4n) is 1.43. The van der Waals surface area contributed by atoms with Gasteiger partial charge < -0.3 is 20.1 Å². The molecule has 0 atom stereocenters. The molecule has 0 unspecified atom stereocenters. The van der Waals surface area contributed by atoms with Crippen molar-refractivity contribution < 1.29 is 31.8 Å². The second-order valence-corrected chi connectivity index (χ2v) is 3.93. The lowest BCUT2D eigenvalue weighted by molar-refractivity contribution is -0.137. The normalized spacial score (nSPS) is 11.0. The standard InChI is InChI=1S/C12H14F4N2O3/c1-20-9-3-7(13)8(4-10(9)21-2)17-5-11(19)18-6-12(14,15)16/h3-4,17H,5-6H2,1-2H3,(H,18,19). The lowest BCUT2D eigenvalue weighted by Crippen LogP contribution is -2.37. The van der Waals surface area contributed by atoms with E-state index < -0.39 is 31.0 Å². The van der Waals surface area contributed by atoms with E-state index in [-0.39, 0.29) is 17.2 Å². The predicted octanol–water partition coefficient (Wildman–Crippen LogP) is 1.93. The third-order valence-electron chi connectivity index (χ3n) is 2.40. The van der Waals surface area contributed by atoms with Crippen molar-refractivity contribution in [3.05, 3.63) is 17.9 Å². The summed E-state index contributed by atoms with van der Waals surface area (Å²) in [6, 6.07) is 2.28. The number of methoxy groups -OCH3 is 2. The van der Waals surface area contributed by atoms with E-state index in [9.17, 15) is 22.4 Å². The summed E-state index contributed by atoms with van der Waals surface area (Å²) in [4.78, 5) is 11.2. The van der Waals surface area contributed by atoms with Gasteiger partial charge in [0.1, 0.15) is 12.4 Å². The third-order valence-corrected chi connectivity index (χ3v) is 2.40. The summed E-state index contributed by atoms with van der Waals surface area (Å²) in [5.74, 6) is -1.27. The second kappa shape index (κ2) is 7.00. The summed E-state index contributed by atoms with van der Waals surface area (Å²) in [5.41, 5.74) is -0.0881. The fraction of sp³-hybridized carbons (Fsp3) is 0.417. The average Bonchev–Trinajstić information content (AvgIpc) is 2.42. The number of amides is 1. The Kier molecular flexibility index (Phi) is 5.62. The Morgan fingerprint density at radius 2 is 1.76 bits per heavy atom. The van der Waals surface area contributed by atoms with Crippen LogP contribution in [0.25, 0.3) is 0 Å². The Hall–Kier alpha value is -2.19. The highest BCUT2D eigenvalue weighted by atomic mass is 19.4. The first-order valence-electron chi connectivity index (χ1n) is 5.75. The zero-order valence-electron chi connectivity index (χ0n) is 11.3. The molecule has 0 saturated heterocycles. The van der Waals surface area contributed by atoms with E-state index in [4.69, 9.17) is 9.47 Å². The molecule has 0 aliphatic carbocycles. The first-order chi connectivity index (χ1) is 9.76. The zero-order valence-corrected chi connectivity index (χ0v) is 11.3. The van der Waals surface area contributed by atoms with E-state index in [1.54, 1.807) is 5.32 Å². The number of rotatable bonds is 6. The van der Waals surface area contributed by atoms with Gasteiger partial charge in [-0.2, -0.15) is 13.2 Å². The van der Waals surface area contributed by atoms with Crippen LogP contribution in [0.3, 0.4) is 0 Å². The molecule has 0 spiro atoms. The predicted molar refractivity (Wildman–Crippen MR) is 67.1 cm³/mol. The number of alkyl halides is 3. The SMILES string of the molecule is COc1cc(F)c(NCC(=O)NCC(F)(F)F)cc1OC. The van der Waals surface area contributed by atoms with Crippen molar-refractivity contribution in [2.24, 2.45) is 0 Å². The van der Waals surface area contributed by atoms with Crippen LogP contribution in [-0.2, 0) is 4.79 Å². The van der Waals surface area contributed by atoms with Crippen molar-refractivity contribution in [2.45, 2.75) is 6.18 Å². The van der Waals surface area contributed by atoms with E-state index in [2.05, 4.69) is 5.32 Å². The molecule has 0 saturated carbocycles. The maximum atomic E-state index is 13.7. The third kappa shape index (κ3) is 5.36. The summed E-state index contributed by atoms with van der Waals surface area (Å²) in [5, 5.41) is 4.04. The number of carbonyl (C=O) groups excluding carboxylic acids is 1. The van der Waals surface area contributed by atoms with Gasteiger partial charge in [-0.15, -0.1) is 0 Å². The van der Waals surface area contributed by atoms with Crippen molar-refractivity contribution in [1.82, 2.24) is 5.32 Å². The number of anilines is 1. The van der Waals surface area contributed by atoms with E-state index >= 15 is 0 Å². The molecule has 0 aliphatic heterocycles. The van der Waals surface area contributed by atoms with Gasteiger partial charge in [0, 0.05) is 12.1 Å². The van der Waals surface area contributed by atoms with Gasteiger partial charge in [0.05, 0.1) is 26.5 Å². The molecule has 5 nitrogen and oxygen atoms in total. The number of carbonyl (C=O) groups is 1.